The summed E-state index contributed by atoms with van der Waals surface area (Å²) in [4.78, 5) is 20.1. The number of rotatable bonds is 7. The van der Waals surface area contributed by atoms with Crippen molar-refractivity contribution in [3.63, 3.8) is 0 Å². The van der Waals surface area contributed by atoms with E-state index >= 15 is 0 Å². The van der Waals surface area contributed by atoms with E-state index in [1.807, 2.05) is 38.2 Å². The number of benzene rings is 2. The maximum absolute atomic E-state index is 14.2. The number of nitrogens with one attached hydrogen (secondary N) is 2. The molecule has 0 bridgehead atoms. The van der Waals surface area contributed by atoms with Crippen LogP contribution in [0.4, 0.5) is 10.2 Å². The number of hydrogen-bond acceptors (Lipinski definition) is 6. The fourth-order valence-electron chi connectivity index (χ4n) is 5.58. The summed E-state index contributed by atoms with van der Waals surface area (Å²) in [5.74, 6) is 0.776. The van der Waals surface area contributed by atoms with Gasteiger partial charge in [0.2, 0.25) is 0 Å². The predicted molar refractivity (Wildman–Crippen MR) is 149 cm³/mol. The Morgan fingerprint density at radius 2 is 1.97 bits per heavy atom. The van der Waals surface area contributed by atoms with Crippen molar-refractivity contribution >= 4 is 11.7 Å². The van der Waals surface area contributed by atoms with Crippen molar-refractivity contribution in [1.29, 1.82) is 0 Å². The van der Waals surface area contributed by atoms with Crippen LogP contribution < -0.4 is 15.5 Å². The highest BCUT2D eigenvalue weighted by atomic mass is 19.1. The van der Waals surface area contributed by atoms with Gasteiger partial charge in [0.1, 0.15) is 18.0 Å². The van der Waals surface area contributed by atoms with E-state index < -0.39 is 0 Å². The first kappa shape index (κ1) is 25.3. The van der Waals surface area contributed by atoms with Crippen LogP contribution in [0, 0.1) is 12.7 Å². The summed E-state index contributed by atoms with van der Waals surface area (Å²) in [5, 5.41) is 15.2. The molecule has 39 heavy (non-hydrogen) atoms. The lowest BCUT2D eigenvalue weighted by molar-refractivity contribution is 0.0996. The van der Waals surface area contributed by atoms with Crippen molar-refractivity contribution in [2.45, 2.75) is 45.3 Å². The molecule has 1 unspecified atom stereocenters. The number of anilines is 1. The number of piperidine rings is 1. The minimum Gasteiger partial charge on any atom is -0.317 e. The predicted octanol–water partition coefficient (Wildman–Crippen LogP) is 4.38. The van der Waals surface area contributed by atoms with Gasteiger partial charge in [0.25, 0.3) is 5.91 Å². The Hall–Kier alpha value is -3.95. The first-order chi connectivity index (χ1) is 19.0. The number of fused-ring (bicyclic) bond motifs is 1. The van der Waals surface area contributed by atoms with Gasteiger partial charge < -0.3 is 15.2 Å². The summed E-state index contributed by atoms with van der Waals surface area (Å²) in [6, 6.07) is 15.0. The van der Waals surface area contributed by atoms with Gasteiger partial charge in [-0.25, -0.2) is 9.37 Å². The van der Waals surface area contributed by atoms with E-state index in [-0.39, 0.29) is 11.7 Å². The topological polar surface area (TPSA) is 88.0 Å². The Morgan fingerprint density at radius 1 is 1.08 bits per heavy atom. The summed E-state index contributed by atoms with van der Waals surface area (Å²) >= 11 is 0. The van der Waals surface area contributed by atoms with Gasteiger partial charge in [-0.3, -0.25) is 9.69 Å². The van der Waals surface area contributed by atoms with E-state index in [0.29, 0.717) is 35.4 Å². The van der Waals surface area contributed by atoms with Crippen LogP contribution in [-0.4, -0.2) is 44.8 Å². The van der Waals surface area contributed by atoms with Gasteiger partial charge in [0, 0.05) is 43.0 Å². The molecular formula is C30H32FN7O. The molecule has 9 heteroatoms. The van der Waals surface area contributed by atoms with Crippen LogP contribution in [0.15, 0.2) is 54.9 Å². The van der Waals surface area contributed by atoms with E-state index in [0.717, 1.165) is 47.6 Å². The van der Waals surface area contributed by atoms with Crippen molar-refractivity contribution in [3.05, 3.63) is 83.1 Å². The summed E-state index contributed by atoms with van der Waals surface area (Å²) in [6.45, 7) is 5.16. The largest absolute Gasteiger partial charge is 0.317 e. The van der Waals surface area contributed by atoms with Gasteiger partial charge in [-0.1, -0.05) is 24.6 Å². The molecule has 200 valence electrons. The Balaban J connectivity index is 1.24. The quantitative estimate of drug-likeness (QED) is 0.372. The second kappa shape index (κ2) is 10.7. The van der Waals surface area contributed by atoms with E-state index in [4.69, 9.17) is 4.98 Å². The maximum Gasteiger partial charge on any atom is 0.260 e. The molecule has 4 aromatic rings. The molecule has 2 aliphatic heterocycles. The van der Waals surface area contributed by atoms with E-state index in [1.165, 1.54) is 31.4 Å². The molecular weight excluding hydrogens is 493 g/mol. The third-order valence-electron chi connectivity index (χ3n) is 7.57. The van der Waals surface area contributed by atoms with Crippen LogP contribution in [-0.2, 0) is 20.1 Å². The average Bonchev–Trinajstić information content (AvgIpc) is 3.51. The zero-order valence-electron chi connectivity index (χ0n) is 22.2. The molecule has 0 radical (unpaired) electrons. The summed E-state index contributed by atoms with van der Waals surface area (Å²) in [6.07, 6.45) is 5.32. The number of aryl methyl sites for hydroxylation is 2. The Labute approximate surface area is 227 Å². The monoisotopic (exact) mass is 525 g/mol. The van der Waals surface area contributed by atoms with Gasteiger partial charge in [0.15, 0.2) is 5.82 Å². The van der Waals surface area contributed by atoms with Crippen molar-refractivity contribution in [1.82, 2.24) is 30.4 Å². The zero-order chi connectivity index (χ0) is 26.9. The van der Waals surface area contributed by atoms with Gasteiger partial charge in [-0.2, -0.15) is 0 Å². The number of amides is 1. The summed E-state index contributed by atoms with van der Waals surface area (Å²) in [7, 11) is 1.82. The molecule has 0 saturated carbocycles. The standard InChI is InChI=1S/C30H32FN7O/c1-19-11-20(15-32-16-24-5-3-4-10-33-24)12-28(35-19)38-17-22-7-6-21(13-26(22)30(38)39)25-9-8-23(31)14-27(25)29-36-34-18-37(29)2/h6-9,11-14,18,24,32-33H,3-5,10,15-17H2,1-2H3. The lowest BCUT2D eigenvalue weighted by Gasteiger charge is -2.24. The Morgan fingerprint density at radius 3 is 2.77 bits per heavy atom. The van der Waals surface area contributed by atoms with Gasteiger partial charge in [0.05, 0.1) is 6.54 Å². The van der Waals surface area contributed by atoms with Crippen LogP contribution in [0.25, 0.3) is 22.5 Å². The lowest BCUT2D eigenvalue weighted by atomic mass is 9.96. The van der Waals surface area contributed by atoms with Crippen LogP contribution >= 0.6 is 0 Å². The number of nitrogens with zero attached hydrogens (tertiary/aromatic N) is 5. The average molecular weight is 526 g/mol. The molecule has 1 atom stereocenters. The second-order valence-corrected chi connectivity index (χ2v) is 10.5. The summed E-state index contributed by atoms with van der Waals surface area (Å²) in [5.41, 5.74) is 5.79. The fourth-order valence-corrected chi connectivity index (χ4v) is 5.58. The molecule has 0 spiro atoms. The molecule has 2 aromatic carbocycles. The molecule has 1 saturated heterocycles. The van der Waals surface area contributed by atoms with Crippen molar-refractivity contribution in [2.24, 2.45) is 7.05 Å². The molecule has 2 N–H and O–H groups in total. The van der Waals surface area contributed by atoms with Gasteiger partial charge in [-0.15, -0.1) is 10.2 Å². The number of pyridine rings is 1. The van der Waals surface area contributed by atoms with Crippen LogP contribution in [0.3, 0.4) is 0 Å². The van der Waals surface area contributed by atoms with E-state index in [9.17, 15) is 9.18 Å². The summed E-state index contributed by atoms with van der Waals surface area (Å²) < 4.78 is 16.0. The van der Waals surface area contributed by atoms with Crippen molar-refractivity contribution in [3.8, 4) is 22.5 Å². The van der Waals surface area contributed by atoms with Crippen molar-refractivity contribution < 1.29 is 9.18 Å². The molecule has 2 aromatic heterocycles. The number of aromatic nitrogens is 4. The SMILES string of the molecule is Cc1cc(CNCC2CCCCN2)cc(N2Cc3ccc(-c4ccc(F)cc4-c4nncn4C)cc3C2=O)n1. The number of carbonyl (C=O) groups excluding carboxylic acids is 1. The third-order valence-corrected chi connectivity index (χ3v) is 7.57. The highest BCUT2D eigenvalue weighted by molar-refractivity contribution is 6.10. The Kier molecular flexibility index (Phi) is 6.93. The van der Waals surface area contributed by atoms with E-state index in [2.05, 4.69) is 26.9 Å². The second-order valence-electron chi connectivity index (χ2n) is 10.5. The van der Waals surface area contributed by atoms with Crippen LogP contribution in [0.1, 0.15) is 46.4 Å². The van der Waals surface area contributed by atoms with Gasteiger partial charge >= 0.3 is 0 Å². The third kappa shape index (κ3) is 5.20. The smallest absolute Gasteiger partial charge is 0.260 e. The highest BCUT2D eigenvalue weighted by Gasteiger charge is 2.30. The highest BCUT2D eigenvalue weighted by Crippen LogP contribution is 2.35. The van der Waals surface area contributed by atoms with E-state index in [1.54, 1.807) is 21.9 Å². The first-order valence-electron chi connectivity index (χ1n) is 13.5. The first-order valence-corrected chi connectivity index (χ1v) is 13.5. The molecule has 0 aliphatic carbocycles. The molecule has 8 nitrogen and oxygen atoms in total. The number of halogens is 1. The number of carbonyl (C=O) groups is 1. The Bertz CT molecular complexity index is 1530. The normalized spacial score (nSPS) is 17.1. The molecule has 4 heterocycles. The lowest BCUT2D eigenvalue weighted by Crippen LogP contribution is -2.41. The number of hydrogen-bond donors (Lipinski definition) is 2. The fraction of sp³-hybridized carbons (Fsp3) is 0.333. The minimum atomic E-state index is -0.356. The zero-order valence-corrected chi connectivity index (χ0v) is 22.2. The van der Waals surface area contributed by atoms with Crippen LogP contribution in [0.5, 0.6) is 0 Å². The minimum absolute atomic E-state index is 0.0856. The molecule has 2 aliphatic rings. The molecule has 1 fully saturated rings. The molecule has 1 amide bonds. The van der Waals surface area contributed by atoms with Gasteiger partial charge in [-0.05, 0) is 78.9 Å². The maximum atomic E-state index is 14.2. The molecule has 6 rings (SSSR count). The van der Waals surface area contributed by atoms with Crippen molar-refractivity contribution in [2.75, 3.05) is 18.0 Å². The van der Waals surface area contributed by atoms with Crippen LogP contribution in [0.2, 0.25) is 0 Å².